The molecule has 0 bridgehead atoms. The first-order valence-electron chi connectivity index (χ1n) is 14.0. The number of carboxylic acid groups (broad SMARTS) is 2. The maximum absolute atomic E-state index is 11.3. The quantitative estimate of drug-likeness (QED) is 0.144. The first-order valence-corrected chi connectivity index (χ1v) is 14.0. The Morgan fingerprint density at radius 2 is 0.577 bits per heavy atom. The number of carbonyl (C=O) groups is 4. The maximum Gasteiger partial charge on any atom is 0.490 e. The van der Waals surface area contributed by atoms with Crippen LogP contribution in [0.5, 0.6) is 23.0 Å². The summed E-state index contributed by atoms with van der Waals surface area (Å²) < 4.78 is 75.0. The van der Waals surface area contributed by atoms with Crippen molar-refractivity contribution in [3.8, 4) is 23.0 Å². The molecule has 3 aromatic rings. The minimum atomic E-state index is -5.08. The second-order valence-electron chi connectivity index (χ2n) is 9.37. The van der Waals surface area contributed by atoms with Gasteiger partial charge in [-0.15, -0.1) is 0 Å². The Kier molecular flexibility index (Phi) is 25.1. The molecule has 0 heterocycles. The largest absolute Gasteiger partial charge is 0.490 e. The average molecular weight is 816 g/mol. The third-order valence-electron chi connectivity index (χ3n) is 5.41. The molecular formula is C36H30F6Fe2O8. The van der Waals surface area contributed by atoms with E-state index in [1.807, 2.05) is 64.2 Å². The van der Waals surface area contributed by atoms with Crippen LogP contribution in [0.4, 0.5) is 26.3 Å². The van der Waals surface area contributed by atoms with Crippen molar-refractivity contribution in [2.24, 2.45) is 0 Å². The molecule has 0 aliphatic heterocycles. The van der Waals surface area contributed by atoms with Crippen molar-refractivity contribution in [3.05, 3.63) is 148 Å². The van der Waals surface area contributed by atoms with Crippen LogP contribution < -0.4 is 9.47 Å². The molecule has 52 heavy (non-hydrogen) atoms. The van der Waals surface area contributed by atoms with Crippen molar-refractivity contribution in [1.82, 2.24) is 0 Å². The first kappa shape index (κ1) is 50.3. The first-order chi connectivity index (χ1) is 23.4. The number of hydrogen-bond acceptors (Lipinski definition) is 6. The van der Waals surface area contributed by atoms with E-state index >= 15 is 0 Å². The molecular weight excluding hydrogens is 786 g/mol. The Balaban J connectivity index is 0. The fourth-order valence-electron chi connectivity index (χ4n) is 3.00. The number of alkyl halides is 6. The van der Waals surface area contributed by atoms with Gasteiger partial charge >= 0.3 is 24.3 Å². The van der Waals surface area contributed by atoms with E-state index in [2.05, 4.69) is 0 Å². The van der Waals surface area contributed by atoms with Crippen LogP contribution in [0.25, 0.3) is 0 Å². The van der Waals surface area contributed by atoms with Gasteiger partial charge in [-0.05, 0) is 151 Å². The van der Waals surface area contributed by atoms with Crippen LogP contribution in [-0.4, -0.2) is 46.1 Å². The van der Waals surface area contributed by atoms with Crippen LogP contribution in [0, 0.1) is 64.2 Å². The number of ether oxygens (including phenoxy) is 2. The molecule has 2 fully saturated rings. The summed E-state index contributed by atoms with van der Waals surface area (Å²) in [6, 6.07) is 21.2. The summed E-state index contributed by atoms with van der Waals surface area (Å²) in [5.41, 5.74) is 1.30. The molecule has 0 atom stereocenters. The molecule has 2 saturated carbocycles. The Hall–Kier alpha value is -3.84. The van der Waals surface area contributed by atoms with E-state index in [1.165, 1.54) is 13.8 Å². The van der Waals surface area contributed by atoms with Gasteiger partial charge in [0.25, 0.3) is 0 Å². The molecule has 16 heteroatoms. The molecule has 0 aromatic heterocycles. The van der Waals surface area contributed by atoms with E-state index in [0.717, 1.165) is 0 Å². The molecule has 2 aliphatic carbocycles. The second-order valence-corrected chi connectivity index (χ2v) is 9.37. The SMILES string of the molecule is CC(=O)c1ccc(Oc2ccc(Oc3ccc(C(C)=O)cc3)cc2)cc1.O=C(O)C(F)(F)F.O=C(O)C(F)(F)F.[CH]1[CH][CH][CH][CH]1.[CH]1[CH][CH][CH][CH]1.[Fe].[Fe]. The molecule has 0 unspecified atom stereocenters. The standard InChI is InChI=1S/C22H18O4.2C5H5.2C2HF3O2.2Fe/c1-15(23)17-3-7-19(8-4-17)25-21-11-13-22(14-12-21)26-20-9-5-18(6-10-20)16(2)24;2*1-2-4-5-3-1;2*3-2(4,5)1(6)7;;/h3-14H,1-2H3;2*1-5H;2*(H,6,7);;. The fourth-order valence-corrected chi connectivity index (χ4v) is 3.00. The van der Waals surface area contributed by atoms with Crippen molar-refractivity contribution in [3.63, 3.8) is 0 Å². The summed E-state index contributed by atoms with van der Waals surface area (Å²) >= 11 is 0. The van der Waals surface area contributed by atoms with Gasteiger partial charge in [-0.1, -0.05) is 0 Å². The zero-order valence-corrected chi connectivity index (χ0v) is 29.2. The van der Waals surface area contributed by atoms with Crippen LogP contribution >= 0.6 is 0 Å². The van der Waals surface area contributed by atoms with Gasteiger partial charge in [-0.2, -0.15) is 26.3 Å². The molecule has 0 saturated heterocycles. The smallest absolute Gasteiger partial charge is 0.475 e. The van der Waals surface area contributed by atoms with E-state index in [1.54, 1.807) is 72.8 Å². The van der Waals surface area contributed by atoms with Crippen LogP contribution in [0.15, 0.2) is 72.8 Å². The summed E-state index contributed by atoms with van der Waals surface area (Å²) in [4.78, 5) is 40.4. The van der Waals surface area contributed by atoms with E-state index in [4.69, 9.17) is 29.3 Å². The molecule has 5 rings (SSSR count). The van der Waals surface area contributed by atoms with Gasteiger partial charge in [0.1, 0.15) is 23.0 Å². The van der Waals surface area contributed by atoms with Gasteiger partial charge in [-0.25, -0.2) is 9.59 Å². The van der Waals surface area contributed by atoms with Crippen LogP contribution in [0.1, 0.15) is 34.6 Å². The Bertz CT molecular complexity index is 1340. The second kappa shape index (κ2) is 26.0. The average Bonchev–Trinajstić information content (AvgIpc) is 3.83. The Labute approximate surface area is 319 Å². The number of carboxylic acids is 2. The predicted octanol–water partition coefficient (Wildman–Crippen LogP) is 8.98. The summed E-state index contributed by atoms with van der Waals surface area (Å²) in [6.45, 7) is 3.06. The molecule has 0 spiro atoms. The van der Waals surface area contributed by atoms with Gasteiger partial charge in [0, 0.05) is 45.3 Å². The Morgan fingerprint density at radius 3 is 0.712 bits per heavy atom. The molecule has 2 aliphatic rings. The van der Waals surface area contributed by atoms with Gasteiger partial charge in [0.15, 0.2) is 11.6 Å². The normalized spacial score (nSPS) is 12.8. The number of aliphatic carboxylic acids is 2. The number of benzene rings is 3. The van der Waals surface area contributed by atoms with Crippen molar-refractivity contribution in [2.75, 3.05) is 0 Å². The molecule has 0 amide bonds. The summed E-state index contributed by atoms with van der Waals surface area (Å²) in [5.74, 6) is -2.82. The summed E-state index contributed by atoms with van der Waals surface area (Å²) in [6.07, 6.45) is 9.83. The minimum absolute atomic E-state index is 0. The summed E-state index contributed by atoms with van der Waals surface area (Å²) in [5, 5.41) is 14.2. The molecule has 8 nitrogen and oxygen atoms in total. The third kappa shape index (κ3) is 22.9. The van der Waals surface area contributed by atoms with Gasteiger partial charge < -0.3 is 19.7 Å². The topological polar surface area (TPSA) is 127 Å². The van der Waals surface area contributed by atoms with Gasteiger partial charge in [0.2, 0.25) is 0 Å². The van der Waals surface area contributed by atoms with Gasteiger partial charge in [0.05, 0.1) is 0 Å². The number of ketones is 2. The summed E-state index contributed by atoms with van der Waals surface area (Å²) in [7, 11) is 0. The molecule has 3 aromatic carbocycles. The zero-order valence-electron chi connectivity index (χ0n) is 27.0. The van der Waals surface area contributed by atoms with Crippen molar-refractivity contribution in [1.29, 1.82) is 0 Å². The third-order valence-corrected chi connectivity index (χ3v) is 5.41. The minimum Gasteiger partial charge on any atom is -0.475 e. The number of halogens is 6. The van der Waals surface area contributed by atoms with Crippen LogP contribution in [0.3, 0.4) is 0 Å². The van der Waals surface area contributed by atoms with Gasteiger partial charge in [-0.3, -0.25) is 9.59 Å². The van der Waals surface area contributed by atoms with E-state index < -0.39 is 24.3 Å². The number of rotatable bonds is 6. The van der Waals surface area contributed by atoms with E-state index in [0.29, 0.717) is 34.1 Å². The van der Waals surface area contributed by atoms with E-state index in [9.17, 15) is 35.9 Å². The molecule has 280 valence electrons. The zero-order chi connectivity index (χ0) is 37.7. The number of carbonyl (C=O) groups excluding carboxylic acids is 2. The monoisotopic (exact) mass is 816 g/mol. The number of hydrogen-bond donors (Lipinski definition) is 2. The maximum atomic E-state index is 11.3. The van der Waals surface area contributed by atoms with Crippen molar-refractivity contribution in [2.45, 2.75) is 26.2 Å². The van der Waals surface area contributed by atoms with Crippen LogP contribution in [0.2, 0.25) is 0 Å². The number of Topliss-reactive ketones (excluding diaryl/α,β-unsaturated/α-hetero) is 2. The Morgan fingerprint density at radius 1 is 0.423 bits per heavy atom. The fraction of sp³-hybridized carbons (Fsp3) is 0.111. The van der Waals surface area contributed by atoms with Crippen molar-refractivity contribution >= 4 is 23.5 Å². The molecule has 2 N–H and O–H groups in total. The van der Waals surface area contributed by atoms with Crippen molar-refractivity contribution < 1.29 is 99.3 Å². The molecule has 10 radical (unpaired) electrons. The van der Waals surface area contributed by atoms with Crippen LogP contribution in [-0.2, 0) is 43.7 Å². The van der Waals surface area contributed by atoms with E-state index in [-0.39, 0.29) is 45.7 Å². The predicted molar refractivity (Wildman–Crippen MR) is 170 cm³/mol.